The molecule has 0 atom stereocenters. The summed E-state index contributed by atoms with van der Waals surface area (Å²) >= 11 is 0. The second-order valence-electron chi connectivity index (χ2n) is 15.9. The van der Waals surface area contributed by atoms with Crippen molar-refractivity contribution in [2.24, 2.45) is 0 Å². The van der Waals surface area contributed by atoms with Crippen LogP contribution in [0.25, 0.3) is 60.6 Å². The molecular weight excluding hydrogens is 620 g/mol. The van der Waals surface area contributed by atoms with E-state index in [1.807, 2.05) is 12.1 Å². The normalized spacial score (nSPS) is 19.4. The van der Waals surface area contributed by atoms with Crippen molar-refractivity contribution in [3.63, 3.8) is 0 Å². The fourth-order valence-corrected chi connectivity index (χ4v) is 7.35. The Kier molecular flexibility index (Phi) is 6.70. The number of furan rings is 1. The molecule has 0 saturated carbocycles. The van der Waals surface area contributed by atoms with Crippen molar-refractivity contribution in [2.45, 2.75) is 77.8 Å². The maximum Gasteiger partial charge on any atom is 0.494 e. The lowest BCUT2D eigenvalue weighted by Crippen LogP contribution is -2.41. The molecule has 2 fully saturated rings. The van der Waals surface area contributed by atoms with Gasteiger partial charge in [-0.15, -0.1) is 0 Å². The van der Waals surface area contributed by atoms with Crippen LogP contribution in [-0.4, -0.2) is 41.2 Å². The lowest BCUT2D eigenvalue weighted by Gasteiger charge is -2.32. The number of hydrogen-bond acceptors (Lipinski definition) is 5. The lowest BCUT2D eigenvalue weighted by molar-refractivity contribution is 0.00578. The van der Waals surface area contributed by atoms with Gasteiger partial charge in [-0.05, 0) is 102 Å². The van der Waals surface area contributed by atoms with Crippen LogP contribution in [0.3, 0.4) is 0 Å². The Hall–Kier alpha value is -4.33. The van der Waals surface area contributed by atoms with Gasteiger partial charge in [-0.3, -0.25) is 0 Å². The zero-order valence-electron chi connectivity index (χ0n) is 30.0. The van der Waals surface area contributed by atoms with Gasteiger partial charge < -0.3 is 27.6 Å². The summed E-state index contributed by atoms with van der Waals surface area (Å²) in [4.78, 5) is 0. The summed E-state index contributed by atoms with van der Waals surface area (Å²) in [5.41, 5.74) is 7.50. The quantitative estimate of drug-likeness (QED) is 0.176. The molecular formula is C42H41B2NO5. The Bertz CT molecular complexity index is 2350. The number of para-hydroxylation sites is 2. The van der Waals surface area contributed by atoms with Crippen LogP contribution < -0.4 is 10.9 Å². The van der Waals surface area contributed by atoms with Crippen LogP contribution in [0.5, 0.6) is 0 Å². The first-order chi connectivity index (χ1) is 23.7. The second kappa shape index (κ2) is 10.6. The predicted octanol–water partition coefficient (Wildman–Crippen LogP) is 8.95. The molecule has 0 unspecified atom stereocenters. The molecule has 0 amide bonds. The van der Waals surface area contributed by atoms with E-state index in [1.54, 1.807) is 0 Å². The zero-order chi connectivity index (χ0) is 34.8. The first-order valence-electron chi connectivity index (χ1n) is 17.5. The van der Waals surface area contributed by atoms with Crippen LogP contribution in [0.2, 0.25) is 0 Å². The molecule has 9 rings (SSSR count). The molecule has 8 heteroatoms. The largest absolute Gasteiger partial charge is 0.494 e. The topological polar surface area (TPSA) is 55.0 Å². The minimum atomic E-state index is -0.464. The second-order valence-corrected chi connectivity index (χ2v) is 15.9. The monoisotopic (exact) mass is 661 g/mol. The number of rotatable bonds is 4. The van der Waals surface area contributed by atoms with Gasteiger partial charge in [0.1, 0.15) is 11.2 Å². The molecule has 0 radical (unpaired) electrons. The van der Waals surface area contributed by atoms with E-state index >= 15 is 0 Å². The number of nitrogens with zero attached hydrogens (tertiary/aromatic N) is 1. The van der Waals surface area contributed by atoms with Gasteiger partial charge in [-0.2, -0.15) is 0 Å². The molecule has 2 saturated heterocycles. The Labute approximate surface area is 293 Å². The Morgan fingerprint density at radius 1 is 0.480 bits per heavy atom. The first-order valence-corrected chi connectivity index (χ1v) is 17.5. The van der Waals surface area contributed by atoms with Gasteiger partial charge in [-0.25, -0.2) is 0 Å². The third kappa shape index (κ3) is 4.66. The van der Waals surface area contributed by atoms with Crippen LogP contribution >= 0.6 is 0 Å². The fourth-order valence-electron chi connectivity index (χ4n) is 7.35. The highest BCUT2D eigenvalue weighted by Gasteiger charge is 2.53. The van der Waals surface area contributed by atoms with E-state index in [0.717, 1.165) is 71.5 Å². The Balaban J connectivity index is 1.18. The smallest absolute Gasteiger partial charge is 0.455 e. The van der Waals surface area contributed by atoms with E-state index in [-0.39, 0.29) is 0 Å². The van der Waals surface area contributed by atoms with E-state index in [2.05, 4.69) is 151 Å². The number of aromatic nitrogens is 1. The molecule has 4 heterocycles. The first kappa shape index (κ1) is 31.6. The molecule has 6 nitrogen and oxygen atoms in total. The molecule has 2 aliphatic rings. The van der Waals surface area contributed by atoms with E-state index < -0.39 is 36.6 Å². The highest BCUT2D eigenvalue weighted by atomic mass is 16.7. The van der Waals surface area contributed by atoms with E-state index in [9.17, 15) is 0 Å². The van der Waals surface area contributed by atoms with Crippen molar-refractivity contribution >= 4 is 68.9 Å². The molecule has 250 valence electrons. The average molecular weight is 661 g/mol. The fraction of sp³-hybridized carbons (Fsp3) is 0.286. The summed E-state index contributed by atoms with van der Waals surface area (Å²) in [6, 6.07) is 36.4. The third-order valence-electron chi connectivity index (χ3n) is 11.7. The van der Waals surface area contributed by atoms with Crippen molar-refractivity contribution < 1.29 is 23.0 Å². The molecule has 2 aliphatic heterocycles. The summed E-state index contributed by atoms with van der Waals surface area (Å²) in [6.45, 7) is 16.7. The minimum absolute atomic E-state index is 0.432. The van der Waals surface area contributed by atoms with Crippen LogP contribution in [0, 0.1) is 0 Å². The van der Waals surface area contributed by atoms with Crippen molar-refractivity contribution in [1.82, 2.24) is 4.57 Å². The minimum Gasteiger partial charge on any atom is -0.455 e. The summed E-state index contributed by atoms with van der Waals surface area (Å²) in [7, 11) is -0.927. The Morgan fingerprint density at radius 3 is 1.52 bits per heavy atom. The highest BCUT2D eigenvalue weighted by molar-refractivity contribution is 6.63. The van der Waals surface area contributed by atoms with Gasteiger partial charge in [0.15, 0.2) is 0 Å². The molecule has 0 spiro atoms. The number of hydrogen-bond donors (Lipinski definition) is 0. The van der Waals surface area contributed by atoms with Crippen molar-refractivity contribution in [2.75, 3.05) is 0 Å². The standard InChI is InChI=1S/C42H41B2NO5/c1-39(2)40(3,4)48-43(47-39)27-18-22-35-33(24-27)34-25-28(44-49-41(5,6)42(7,8)50-44)19-23-36(34)45(35)29-20-16-26(17-21-29)30-13-11-14-32-31-12-9-10-15-37(31)46-38(30)32/h9-25H,1-8H3. The molecule has 7 aromatic rings. The summed E-state index contributed by atoms with van der Waals surface area (Å²) < 4.78 is 34.6. The van der Waals surface area contributed by atoms with E-state index in [4.69, 9.17) is 23.0 Å². The van der Waals surface area contributed by atoms with Crippen LogP contribution in [0.15, 0.2) is 108 Å². The summed E-state index contributed by atoms with van der Waals surface area (Å²) in [5.74, 6) is 0. The maximum atomic E-state index is 6.48. The van der Waals surface area contributed by atoms with E-state index in [0.29, 0.717) is 0 Å². The zero-order valence-corrected chi connectivity index (χ0v) is 30.0. The maximum absolute atomic E-state index is 6.48. The SMILES string of the molecule is CC1(C)OB(c2ccc3c(c2)c2cc(B4OC(C)(C)C(C)(C)O4)ccc2n3-c2ccc(-c3cccc4c3oc3ccccc34)cc2)OC1(C)C. The van der Waals surface area contributed by atoms with Crippen LogP contribution in [0.4, 0.5) is 0 Å². The van der Waals surface area contributed by atoms with Gasteiger partial charge >= 0.3 is 14.2 Å². The lowest BCUT2D eigenvalue weighted by atomic mass is 9.77. The molecule has 0 N–H and O–H groups in total. The van der Waals surface area contributed by atoms with Crippen molar-refractivity contribution in [3.8, 4) is 16.8 Å². The summed E-state index contributed by atoms with van der Waals surface area (Å²) in [6.07, 6.45) is 0. The van der Waals surface area contributed by atoms with Crippen LogP contribution in [0.1, 0.15) is 55.4 Å². The van der Waals surface area contributed by atoms with Crippen molar-refractivity contribution in [1.29, 1.82) is 0 Å². The predicted molar refractivity (Wildman–Crippen MR) is 205 cm³/mol. The van der Waals surface area contributed by atoms with Gasteiger partial charge in [0.2, 0.25) is 0 Å². The van der Waals surface area contributed by atoms with Crippen LogP contribution in [-0.2, 0) is 18.6 Å². The molecule has 50 heavy (non-hydrogen) atoms. The number of fused-ring (bicyclic) bond motifs is 6. The van der Waals surface area contributed by atoms with Gasteiger partial charge in [0.25, 0.3) is 0 Å². The highest BCUT2D eigenvalue weighted by Crippen LogP contribution is 2.40. The third-order valence-corrected chi connectivity index (χ3v) is 11.7. The molecule has 5 aromatic carbocycles. The van der Waals surface area contributed by atoms with Gasteiger partial charge in [0.05, 0.1) is 33.4 Å². The summed E-state index contributed by atoms with van der Waals surface area (Å²) in [5, 5.41) is 4.48. The van der Waals surface area contributed by atoms with Crippen molar-refractivity contribution in [3.05, 3.63) is 103 Å². The Morgan fingerprint density at radius 2 is 0.980 bits per heavy atom. The molecule has 0 aliphatic carbocycles. The number of benzene rings is 5. The van der Waals surface area contributed by atoms with E-state index in [1.165, 1.54) is 0 Å². The average Bonchev–Trinajstić information content (AvgIpc) is 3.75. The van der Waals surface area contributed by atoms with Gasteiger partial charge in [-0.1, -0.05) is 72.8 Å². The molecule has 0 bridgehead atoms. The van der Waals surface area contributed by atoms with Gasteiger partial charge in [0, 0.05) is 32.8 Å². The molecule has 2 aromatic heterocycles.